The number of amides is 1. The number of hydrazone groups is 1. The lowest BCUT2D eigenvalue weighted by atomic mass is 10.1. The van der Waals surface area contributed by atoms with Crippen molar-refractivity contribution in [3.05, 3.63) is 87.1 Å². The summed E-state index contributed by atoms with van der Waals surface area (Å²) < 4.78 is 2.95. The summed E-state index contributed by atoms with van der Waals surface area (Å²) in [5, 5.41) is 8.45. The van der Waals surface area contributed by atoms with Crippen LogP contribution in [0.2, 0.25) is 0 Å². The van der Waals surface area contributed by atoms with E-state index in [-0.39, 0.29) is 5.91 Å². The van der Waals surface area contributed by atoms with Crippen molar-refractivity contribution < 1.29 is 4.79 Å². The van der Waals surface area contributed by atoms with Crippen molar-refractivity contribution >= 4 is 28.1 Å². The first-order valence-corrected chi connectivity index (χ1v) is 8.99. The molecule has 6 heteroatoms. The molecule has 5 nitrogen and oxygen atoms in total. The number of rotatable bonds is 5. The first-order valence-electron chi connectivity index (χ1n) is 8.20. The Morgan fingerprint density at radius 3 is 2.46 bits per heavy atom. The lowest BCUT2D eigenvalue weighted by Crippen LogP contribution is -2.17. The number of carbonyl (C=O) groups is 1. The summed E-state index contributed by atoms with van der Waals surface area (Å²) in [5.74, 6) is -0.240. The van der Waals surface area contributed by atoms with Crippen LogP contribution < -0.4 is 5.43 Å². The average Bonchev–Trinajstić information content (AvgIpc) is 2.94. The molecule has 0 aliphatic rings. The van der Waals surface area contributed by atoms with E-state index >= 15 is 0 Å². The van der Waals surface area contributed by atoms with Crippen LogP contribution in [0.5, 0.6) is 0 Å². The van der Waals surface area contributed by atoms with Crippen LogP contribution in [0.3, 0.4) is 0 Å². The van der Waals surface area contributed by atoms with Crippen LogP contribution in [0.15, 0.2) is 64.2 Å². The quantitative estimate of drug-likeness (QED) is 0.508. The zero-order valence-electron chi connectivity index (χ0n) is 14.6. The molecule has 1 amide bonds. The lowest BCUT2D eigenvalue weighted by Gasteiger charge is -2.06. The van der Waals surface area contributed by atoms with E-state index in [0.717, 1.165) is 27.0 Å². The molecule has 2 aromatic carbocycles. The van der Waals surface area contributed by atoms with Gasteiger partial charge in [-0.2, -0.15) is 10.2 Å². The molecule has 0 saturated heterocycles. The van der Waals surface area contributed by atoms with Crippen molar-refractivity contribution in [2.45, 2.75) is 20.4 Å². The van der Waals surface area contributed by atoms with E-state index in [4.69, 9.17) is 0 Å². The van der Waals surface area contributed by atoms with Crippen LogP contribution in [-0.2, 0) is 6.54 Å². The smallest absolute Gasteiger partial charge is 0.267 e. The van der Waals surface area contributed by atoms with Gasteiger partial charge in [-0.05, 0) is 55.3 Å². The van der Waals surface area contributed by atoms with E-state index in [2.05, 4.69) is 31.6 Å². The lowest BCUT2D eigenvalue weighted by molar-refractivity contribution is 0.0955. The highest BCUT2D eigenvalue weighted by molar-refractivity contribution is 9.10. The zero-order chi connectivity index (χ0) is 18.5. The average molecular weight is 411 g/mol. The molecular weight excluding hydrogens is 392 g/mol. The second kappa shape index (κ2) is 8.10. The van der Waals surface area contributed by atoms with Gasteiger partial charge in [-0.3, -0.25) is 9.48 Å². The largest absolute Gasteiger partial charge is 0.271 e. The van der Waals surface area contributed by atoms with Gasteiger partial charge in [0.15, 0.2) is 0 Å². The fraction of sp³-hybridized carbons (Fsp3) is 0.150. The van der Waals surface area contributed by atoms with E-state index < -0.39 is 0 Å². The molecule has 3 rings (SSSR count). The van der Waals surface area contributed by atoms with Gasteiger partial charge in [0.25, 0.3) is 5.91 Å². The zero-order valence-corrected chi connectivity index (χ0v) is 16.2. The van der Waals surface area contributed by atoms with Crippen LogP contribution >= 0.6 is 15.9 Å². The Hall–Kier alpha value is -2.73. The Morgan fingerprint density at radius 2 is 1.85 bits per heavy atom. The molecule has 132 valence electrons. The molecule has 0 spiro atoms. The fourth-order valence-electron chi connectivity index (χ4n) is 2.55. The monoisotopic (exact) mass is 410 g/mol. The summed E-state index contributed by atoms with van der Waals surface area (Å²) in [6.45, 7) is 4.69. The number of aryl methyl sites for hydroxylation is 2. The van der Waals surface area contributed by atoms with Gasteiger partial charge >= 0.3 is 0 Å². The van der Waals surface area contributed by atoms with E-state index in [1.54, 1.807) is 18.3 Å². The van der Waals surface area contributed by atoms with E-state index in [1.165, 1.54) is 0 Å². The Labute approximate surface area is 160 Å². The van der Waals surface area contributed by atoms with Gasteiger partial charge in [0.1, 0.15) is 0 Å². The molecule has 1 N–H and O–H groups in total. The number of aromatic nitrogens is 2. The predicted molar refractivity (Wildman–Crippen MR) is 106 cm³/mol. The first-order chi connectivity index (χ1) is 12.5. The molecule has 0 atom stereocenters. The molecule has 0 fully saturated rings. The molecule has 0 radical (unpaired) electrons. The van der Waals surface area contributed by atoms with Crippen molar-refractivity contribution in [1.29, 1.82) is 0 Å². The minimum Gasteiger partial charge on any atom is -0.267 e. The molecule has 1 aromatic heterocycles. The van der Waals surface area contributed by atoms with Crippen LogP contribution in [0.1, 0.15) is 32.9 Å². The maximum Gasteiger partial charge on any atom is 0.271 e. The van der Waals surface area contributed by atoms with Gasteiger partial charge < -0.3 is 0 Å². The van der Waals surface area contributed by atoms with Crippen molar-refractivity contribution in [2.75, 3.05) is 0 Å². The second-order valence-electron chi connectivity index (χ2n) is 6.03. The summed E-state index contributed by atoms with van der Waals surface area (Å²) in [5.41, 5.74) is 7.23. The van der Waals surface area contributed by atoms with E-state index in [1.807, 2.05) is 61.0 Å². The number of carbonyl (C=O) groups excluding carboxylic acids is 1. The number of nitrogens with zero attached hydrogens (tertiary/aromatic N) is 3. The molecule has 3 aromatic rings. The Balaban J connectivity index is 1.59. The Morgan fingerprint density at radius 1 is 1.15 bits per heavy atom. The normalized spacial score (nSPS) is 11.0. The highest BCUT2D eigenvalue weighted by atomic mass is 79.9. The fourth-order valence-corrected chi connectivity index (χ4v) is 2.81. The number of benzene rings is 2. The summed E-state index contributed by atoms with van der Waals surface area (Å²) >= 11 is 3.38. The maximum absolute atomic E-state index is 12.2. The van der Waals surface area contributed by atoms with Crippen molar-refractivity contribution in [2.24, 2.45) is 5.10 Å². The number of nitrogens with one attached hydrogen (secondary N) is 1. The van der Waals surface area contributed by atoms with Crippen LogP contribution in [0.25, 0.3) is 0 Å². The highest BCUT2D eigenvalue weighted by Crippen LogP contribution is 2.10. The summed E-state index contributed by atoms with van der Waals surface area (Å²) in [6.07, 6.45) is 1.61. The van der Waals surface area contributed by atoms with Gasteiger partial charge in [0, 0.05) is 15.7 Å². The van der Waals surface area contributed by atoms with Crippen LogP contribution in [0.4, 0.5) is 0 Å². The first kappa shape index (κ1) is 18.1. The highest BCUT2D eigenvalue weighted by Gasteiger charge is 2.06. The third kappa shape index (κ3) is 4.67. The third-order valence-electron chi connectivity index (χ3n) is 3.90. The van der Waals surface area contributed by atoms with Crippen molar-refractivity contribution in [1.82, 2.24) is 15.2 Å². The van der Waals surface area contributed by atoms with Crippen molar-refractivity contribution in [3.63, 3.8) is 0 Å². The molecule has 1 heterocycles. The van der Waals surface area contributed by atoms with Crippen LogP contribution in [-0.4, -0.2) is 21.9 Å². The maximum atomic E-state index is 12.2. The van der Waals surface area contributed by atoms with Gasteiger partial charge in [-0.15, -0.1) is 0 Å². The van der Waals surface area contributed by atoms with E-state index in [0.29, 0.717) is 12.1 Å². The van der Waals surface area contributed by atoms with Gasteiger partial charge in [-0.1, -0.05) is 40.2 Å². The molecular formula is C20H19BrN4O. The minimum atomic E-state index is -0.240. The van der Waals surface area contributed by atoms with Gasteiger partial charge in [0.05, 0.1) is 18.5 Å². The predicted octanol–water partition coefficient (Wildman–Crippen LogP) is 4.07. The number of hydrogen-bond donors (Lipinski definition) is 1. The van der Waals surface area contributed by atoms with Crippen molar-refractivity contribution in [3.8, 4) is 0 Å². The molecule has 0 aliphatic heterocycles. The van der Waals surface area contributed by atoms with E-state index in [9.17, 15) is 4.79 Å². The summed E-state index contributed by atoms with van der Waals surface area (Å²) in [4.78, 5) is 12.2. The molecule has 26 heavy (non-hydrogen) atoms. The SMILES string of the molecule is Cc1cc(C)n(Cc2ccc(C(=O)N/N=C\c3ccc(Br)cc3)cc2)n1. The molecule has 0 unspecified atom stereocenters. The summed E-state index contributed by atoms with van der Waals surface area (Å²) in [6, 6.07) is 17.2. The third-order valence-corrected chi connectivity index (χ3v) is 4.43. The Bertz CT molecular complexity index is 927. The molecule has 0 aliphatic carbocycles. The second-order valence-corrected chi connectivity index (χ2v) is 6.95. The molecule has 0 saturated carbocycles. The molecule has 0 bridgehead atoms. The van der Waals surface area contributed by atoms with Crippen LogP contribution in [0, 0.1) is 13.8 Å². The standard InChI is InChI=1S/C20H19BrN4O/c1-14-11-15(2)25(24-14)13-17-3-7-18(8-4-17)20(26)23-22-12-16-5-9-19(21)10-6-16/h3-12H,13H2,1-2H3,(H,23,26)/b22-12-. The summed E-state index contributed by atoms with van der Waals surface area (Å²) in [7, 11) is 0. The Kier molecular flexibility index (Phi) is 5.63. The van der Waals surface area contributed by atoms with Gasteiger partial charge in [-0.25, -0.2) is 5.43 Å². The topological polar surface area (TPSA) is 59.3 Å². The van der Waals surface area contributed by atoms with Gasteiger partial charge in [0.2, 0.25) is 0 Å². The minimum absolute atomic E-state index is 0.240. The number of hydrogen-bond acceptors (Lipinski definition) is 3. The number of halogens is 1.